The molecule has 0 aliphatic carbocycles. The first-order valence-corrected chi connectivity index (χ1v) is 8.17. The Labute approximate surface area is 163 Å². The summed E-state index contributed by atoms with van der Waals surface area (Å²) in [6.45, 7) is 0. The largest absolute Gasteiger partial charge is 0.466 e. The second kappa shape index (κ2) is 8.07. The van der Waals surface area contributed by atoms with Crippen molar-refractivity contribution in [1.82, 2.24) is 0 Å². The lowest BCUT2D eigenvalue weighted by atomic mass is 9.93. The Balaban J connectivity index is 2.25. The van der Waals surface area contributed by atoms with E-state index in [1.807, 2.05) is 0 Å². The van der Waals surface area contributed by atoms with E-state index in [9.17, 15) is 27.9 Å². The Hall–Kier alpha value is -2.78. The van der Waals surface area contributed by atoms with Crippen molar-refractivity contribution in [3.63, 3.8) is 0 Å². The number of nitrogens with one attached hydrogen (secondary N) is 1. The van der Waals surface area contributed by atoms with Crippen molar-refractivity contribution in [2.24, 2.45) is 0 Å². The van der Waals surface area contributed by atoms with Crippen LogP contribution in [-0.4, -0.2) is 37.4 Å². The van der Waals surface area contributed by atoms with Crippen molar-refractivity contribution in [2.45, 2.75) is 11.8 Å². The smallest absolute Gasteiger partial charge is 0.432 e. The highest BCUT2D eigenvalue weighted by Crippen LogP contribution is 2.40. The monoisotopic (exact) mass is 416 g/mol. The molecule has 150 valence electrons. The summed E-state index contributed by atoms with van der Waals surface area (Å²) in [6, 6.07) is 9.93. The van der Waals surface area contributed by atoms with E-state index in [-0.39, 0.29) is 5.69 Å². The minimum Gasteiger partial charge on any atom is -0.466 e. The van der Waals surface area contributed by atoms with Gasteiger partial charge in [-0.3, -0.25) is 4.90 Å². The number of hydrogen-bond donors (Lipinski definition) is 2. The molecule has 0 saturated carbocycles. The predicted octanol–water partition coefficient (Wildman–Crippen LogP) is 3.93. The van der Waals surface area contributed by atoms with Crippen LogP contribution >= 0.6 is 11.6 Å². The number of anilines is 2. The Morgan fingerprint density at radius 2 is 1.75 bits per heavy atom. The normalized spacial score (nSPS) is 13.4. The number of urea groups is 1. The molecule has 28 heavy (non-hydrogen) atoms. The molecule has 6 nitrogen and oxygen atoms in total. The zero-order chi connectivity index (χ0) is 21.1. The minimum absolute atomic E-state index is 0.220. The highest BCUT2D eigenvalue weighted by atomic mass is 35.5. The molecular formula is C18H16ClF3N2O4. The maximum Gasteiger partial charge on any atom is 0.432 e. The van der Waals surface area contributed by atoms with Crippen molar-refractivity contribution in [1.29, 1.82) is 0 Å². The molecule has 0 aliphatic heterocycles. The van der Waals surface area contributed by atoms with Gasteiger partial charge in [-0.25, -0.2) is 9.59 Å². The van der Waals surface area contributed by atoms with Gasteiger partial charge in [0.25, 0.3) is 5.60 Å². The molecule has 0 spiro atoms. The highest BCUT2D eigenvalue weighted by molar-refractivity contribution is 6.30. The van der Waals surface area contributed by atoms with E-state index >= 15 is 0 Å². The van der Waals surface area contributed by atoms with E-state index < -0.39 is 29.3 Å². The Bertz CT molecular complexity index is 874. The van der Waals surface area contributed by atoms with E-state index in [0.29, 0.717) is 10.7 Å². The van der Waals surface area contributed by atoms with Gasteiger partial charge in [0.15, 0.2) is 0 Å². The van der Waals surface area contributed by atoms with Crippen LogP contribution in [0, 0.1) is 0 Å². The second-order valence-electron chi connectivity index (χ2n) is 5.75. The van der Waals surface area contributed by atoms with Crippen molar-refractivity contribution >= 4 is 35.0 Å². The maximum atomic E-state index is 13.3. The Kier molecular flexibility index (Phi) is 6.20. The lowest BCUT2D eigenvalue weighted by Gasteiger charge is -2.28. The lowest BCUT2D eigenvalue weighted by molar-refractivity contribution is -0.266. The zero-order valence-corrected chi connectivity index (χ0v) is 15.5. The molecule has 0 unspecified atom stereocenters. The zero-order valence-electron chi connectivity index (χ0n) is 14.7. The van der Waals surface area contributed by atoms with Gasteiger partial charge >= 0.3 is 18.2 Å². The summed E-state index contributed by atoms with van der Waals surface area (Å²) in [5.74, 6) is -1.86. The molecular weight excluding hydrogens is 401 g/mol. The molecule has 0 fully saturated rings. The Morgan fingerprint density at radius 3 is 2.25 bits per heavy atom. The minimum atomic E-state index is -5.29. The van der Waals surface area contributed by atoms with E-state index in [4.69, 9.17) is 11.6 Å². The average molecular weight is 417 g/mol. The SMILES string of the molecule is COC(=O)[C@@](O)(c1ccc(N(C)C(=O)Nc2cccc(Cl)c2)cc1)C(F)(F)F. The number of aliphatic hydroxyl groups is 1. The molecule has 10 heteroatoms. The van der Waals surface area contributed by atoms with E-state index in [0.717, 1.165) is 36.3 Å². The van der Waals surface area contributed by atoms with Crippen LogP contribution < -0.4 is 10.2 Å². The first kappa shape index (κ1) is 21.5. The number of benzene rings is 2. The Morgan fingerprint density at radius 1 is 1.14 bits per heavy atom. The third kappa shape index (κ3) is 4.20. The standard InChI is InChI=1S/C18H16ClF3N2O4/c1-24(16(26)23-13-5-3-4-12(19)10-13)14-8-6-11(7-9-14)17(27,15(25)28-2)18(20,21)22/h3-10,27H,1-2H3,(H,23,26)/t17-/m0/s1. The molecule has 2 rings (SSSR count). The molecule has 0 bridgehead atoms. The molecule has 0 aromatic heterocycles. The summed E-state index contributed by atoms with van der Waals surface area (Å²) in [6.07, 6.45) is -5.29. The summed E-state index contributed by atoms with van der Waals surface area (Å²) >= 11 is 5.84. The van der Waals surface area contributed by atoms with Gasteiger partial charge in [-0.2, -0.15) is 13.2 Å². The quantitative estimate of drug-likeness (QED) is 0.740. The number of ether oxygens (including phenoxy) is 1. The fraction of sp³-hybridized carbons (Fsp3) is 0.222. The number of carbonyl (C=O) groups excluding carboxylic acids is 2. The predicted molar refractivity (Wildman–Crippen MR) is 97.3 cm³/mol. The molecule has 2 N–H and O–H groups in total. The third-order valence-electron chi connectivity index (χ3n) is 3.94. The molecule has 2 aromatic rings. The van der Waals surface area contributed by atoms with Gasteiger partial charge < -0.3 is 15.2 Å². The molecule has 0 heterocycles. The van der Waals surface area contributed by atoms with Gasteiger partial charge in [0.2, 0.25) is 0 Å². The summed E-state index contributed by atoms with van der Waals surface area (Å²) < 4.78 is 43.9. The van der Waals surface area contributed by atoms with E-state index in [2.05, 4.69) is 10.1 Å². The van der Waals surface area contributed by atoms with E-state index in [1.54, 1.807) is 18.2 Å². The number of halogens is 4. The number of carbonyl (C=O) groups is 2. The topological polar surface area (TPSA) is 78.9 Å². The third-order valence-corrected chi connectivity index (χ3v) is 4.18. The highest BCUT2D eigenvalue weighted by Gasteiger charge is 2.62. The van der Waals surface area contributed by atoms with Gasteiger partial charge in [-0.15, -0.1) is 0 Å². The van der Waals surface area contributed by atoms with Crippen LogP contribution in [0.1, 0.15) is 5.56 Å². The maximum absolute atomic E-state index is 13.3. The van der Waals surface area contributed by atoms with Crippen molar-refractivity contribution < 1.29 is 32.6 Å². The first-order chi connectivity index (χ1) is 13.0. The number of hydrogen-bond acceptors (Lipinski definition) is 4. The van der Waals surface area contributed by atoms with Crippen LogP contribution in [0.15, 0.2) is 48.5 Å². The average Bonchev–Trinajstić information content (AvgIpc) is 2.65. The van der Waals surface area contributed by atoms with Gasteiger partial charge in [0, 0.05) is 29.0 Å². The summed E-state index contributed by atoms with van der Waals surface area (Å²) in [5.41, 5.74) is -3.91. The molecule has 0 saturated heterocycles. The fourth-order valence-corrected chi connectivity index (χ4v) is 2.55. The van der Waals surface area contributed by atoms with Gasteiger partial charge in [0.1, 0.15) is 0 Å². The fourth-order valence-electron chi connectivity index (χ4n) is 2.36. The number of amides is 2. The van der Waals surface area contributed by atoms with Crippen LogP contribution in [0.25, 0.3) is 0 Å². The van der Waals surface area contributed by atoms with E-state index in [1.165, 1.54) is 13.1 Å². The summed E-state index contributed by atoms with van der Waals surface area (Å²) in [5, 5.41) is 12.9. The van der Waals surface area contributed by atoms with Crippen LogP contribution in [-0.2, 0) is 15.1 Å². The first-order valence-electron chi connectivity index (χ1n) is 7.79. The molecule has 2 amide bonds. The van der Waals surface area contributed by atoms with Crippen molar-refractivity contribution in [3.8, 4) is 0 Å². The van der Waals surface area contributed by atoms with Gasteiger partial charge in [0.05, 0.1) is 7.11 Å². The van der Waals surface area contributed by atoms with Crippen LogP contribution in [0.3, 0.4) is 0 Å². The van der Waals surface area contributed by atoms with Crippen LogP contribution in [0.4, 0.5) is 29.3 Å². The molecule has 2 aromatic carbocycles. The lowest BCUT2D eigenvalue weighted by Crippen LogP contribution is -2.49. The molecule has 1 atom stereocenters. The number of nitrogens with zero attached hydrogens (tertiary/aromatic N) is 1. The summed E-state index contributed by atoms with van der Waals surface area (Å²) in [7, 11) is 2.13. The van der Waals surface area contributed by atoms with Crippen molar-refractivity contribution in [2.75, 3.05) is 24.4 Å². The van der Waals surface area contributed by atoms with Crippen LogP contribution in [0.2, 0.25) is 5.02 Å². The van der Waals surface area contributed by atoms with Gasteiger partial charge in [-0.05, 0) is 30.3 Å². The second-order valence-corrected chi connectivity index (χ2v) is 6.18. The van der Waals surface area contributed by atoms with Crippen LogP contribution in [0.5, 0.6) is 0 Å². The number of methoxy groups -OCH3 is 1. The number of esters is 1. The van der Waals surface area contributed by atoms with Gasteiger partial charge in [-0.1, -0.05) is 29.8 Å². The number of alkyl halides is 3. The molecule has 0 aliphatic rings. The number of rotatable bonds is 4. The summed E-state index contributed by atoms with van der Waals surface area (Å²) in [4.78, 5) is 25.0. The molecule has 0 radical (unpaired) electrons. The van der Waals surface area contributed by atoms with Crippen molar-refractivity contribution in [3.05, 3.63) is 59.1 Å².